The van der Waals surface area contributed by atoms with Crippen LogP contribution < -0.4 is 0 Å². The highest BCUT2D eigenvalue weighted by atomic mass is 16.1. The molecule has 3 rings (SSSR count). The first-order valence-electron chi connectivity index (χ1n) is 4.45. The van der Waals surface area contributed by atoms with Gasteiger partial charge < -0.3 is 0 Å². The lowest BCUT2D eigenvalue weighted by atomic mass is 10.0. The van der Waals surface area contributed by atoms with Gasteiger partial charge in [0.2, 0.25) is 0 Å². The van der Waals surface area contributed by atoms with Gasteiger partial charge in [0.1, 0.15) is 0 Å². The summed E-state index contributed by atoms with van der Waals surface area (Å²) in [5, 5.41) is 0. The highest BCUT2D eigenvalue weighted by Gasteiger charge is 2.53. The van der Waals surface area contributed by atoms with Crippen molar-refractivity contribution >= 4 is 5.78 Å². The van der Waals surface area contributed by atoms with Crippen LogP contribution in [0.1, 0.15) is 28.8 Å². The summed E-state index contributed by atoms with van der Waals surface area (Å²) in [6.07, 6.45) is 3.23. The fraction of sp³-hybridized carbons (Fsp3) is 0.364. The van der Waals surface area contributed by atoms with Gasteiger partial charge in [0, 0.05) is 11.0 Å². The lowest BCUT2D eigenvalue weighted by Gasteiger charge is -1.98. The minimum absolute atomic E-state index is 0.0731. The van der Waals surface area contributed by atoms with Gasteiger partial charge in [-0.15, -0.1) is 0 Å². The smallest absolute Gasteiger partial charge is 0.169 e. The van der Waals surface area contributed by atoms with E-state index in [1.54, 1.807) is 0 Å². The molecule has 0 radical (unpaired) electrons. The van der Waals surface area contributed by atoms with Gasteiger partial charge in [-0.25, -0.2) is 0 Å². The zero-order valence-corrected chi connectivity index (χ0v) is 6.84. The van der Waals surface area contributed by atoms with Gasteiger partial charge in [0.25, 0.3) is 0 Å². The molecule has 1 fully saturated rings. The first kappa shape index (κ1) is 6.41. The van der Waals surface area contributed by atoms with Crippen LogP contribution in [0.4, 0.5) is 0 Å². The molecule has 60 valence electrons. The number of hydrogen-bond donors (Lipinski definition) is 0. The molecule has 0 unspecified atom stereocenters. The Labute approximate surface area is 71.4 Å². The van der Waals surface area contributed by atoms with Crippen LogP contribution in [0.3, 0.4) is 0 Å². The van der Waals surface area contributed by atoms with Crippen molar-refractivity contribution in [1.82, 2.24) is 0 Å². The second-order valence-corrected chi connectivity index (χ2v) is 3.94. The van der Waals surface area contributed by atoms with E-state index in [0.29, 0.717) is 5.78 Å². The van der Waals surface area contributed by atoms with E-state index in [2.05, 4.69) is 6.07 Å². The molecule has 1 heteroatoms. The quantitative estimate of drug-likeness (QED) is 0.565. The molecule has 0 aliphatic heterocycles. The first-order chi connectivity index (χ1) is 5.82. The predicted octanol–water partition coefficient (Wildman–Crippen LogP) is 2.21. The van der Waals surface area contributed by atoms with E-state index >= 15 is 0 Å². The number of hydrogen-bond acceptors (Lipinski definition) is 1. The molecule has 2 aliphatic carbocycles. The van der Waals surface area contributed by atoms with Gasteiger partial charge in [-0.2, -0.15) is 0 Å². The molecule has 0 bridgehead atoms. The molecule has 0 N–H and O–H groups in total. The summed E-state index contributed by atoms with van der Waals surface area (Å²) in [6, 6.07) is 8.02. The molecule has 0 amide bonds. The van der Waals surface area contributed by atoms with Crippen molar-refractivity contribution in [3.05, 3.63) is 35.4 Å². The lowest BCUT2D eigenvalue weighted by Crippen LogP contribution is -2.08. The van der Waals surface area contributed by atoms with Crippen LogP contribution in [0, 0.1) is 5.41 Å². The Morgan fingerprint density at radius 2 is 1.92 bits per heavy atom. The molecule has 2 aliphatic rings. The van der Waals surface area contributed by atoms with Crippen molar-refractivity contribution in [3.8, 4) is 0 Å². The van der Waals surface area contributed by atoms with Crippen LogP contribution in [0.5, 0.6) is 0 Å². The SMILES string of the molecule is O=C1c2ccccc2CC12CC2. The maximum absolute atomic E-state index is 11.8. The van der Waals surface area contributed by atoms with Crippen LogP contribution in [-0.4, -0.2) is 5.78 Å². The highest BCUT2D eigenvalue weighted by molar-refractivity contribution is 6.06. The third-order valence-corrected chi connectivity index (χ3v) is 3.13. The molecule has 0 aromatic heterocycles. The zero-order chi connectivity index (χ0) is 8.18. The van der Waals surface area contributed by atoms with Crippen LogP contribution in [0.2, 0.25) is 0 Å². The van der Waals surface area contributed by atoms with E-state index in [-0.39, 0.29) is 5.41 Å². The standard InChI is InChI=1S/C11H10O/c12-10-9-4-2-1-3-8(9)7-11(10)5-6-11/h1-4H,5-7H2. The van der Waals surface area contributed by atoms with Crippen LogP contribution in [0.15, 0.2) is 24.3 Å². The van der Waals surface area contributed by atoms with Crippen molar-refractivity contribution < 1.29 is 4.79 Å². The number of rotatable bonds is 0. The van der Waals surface area contributed by atoms with E-state index in [4.69, 9.17) is 0 Å². The minimum atomic E-state index is 0.0731. The summed E-state index contributed by atoms with van der Waals surface area (Å²) in [5.41, 5.74) is 2.32. The third kappa shape index (κ3) is 0.619. The third-order valence-electron chi connectivity index (χ3n) is 3.13. The van der Waals surface area contributed by atoms with E-state index in [1.165, 1.54) is 5.56 Å². The number of carbonyl (C=O) groups is 1. The van der Waals surface area contributed by atoms with Crippen molar-refractivity contribution in [2.75, 3.05) is 0 Å². The molecule has 0 heterocycles. The molecule has 1 aromatic carbocycles. The van der Waals surface area contributed by atoms with Crippen molar-refractivity contribution in [1.29, 1.82) is 0 Å². The van der Waals surface area contributed by atoms with Gasteiger partial charge in [-0.3, -0.25) is 4.79 Å². The molecule has 0 atom stereocenters. The highest BCUT2D eigenvalue weighted by Crippen LogP contribution is 2.55. The zero-order valence-electron chi connectivity index (χ0n) is 6.84. The largest absolute Gasteiger partial charge is 0.294 e. The number of carbonyl (C=O) groups excluding carboxylic acids is 1. The summed E-state index contributed by atoms with van der Waals surface area (Å²) in [6.45, 7) is 0. The molecule has 1 nitrogen and oxygen atoms in total. The molecule has 1 spiro atoms. The monoisotopic (exact) mass is 158 g/mol. The van der Waals surface area contributed by atoms with Crippen LogP contribution in [0.25, 0.3) is 0 Å². The Morgan fingerprint density at radius 3 is 2.58 bits per heavy atom. The van der Waals surface area contributed by atoms with Gasteiger partial charge in [-0.1, -0.05) is 24.3 Å². The molecular formula is C11H10O. The van der Waals surface area contributed by atoms with Crippen LogP contribution >= 0.6 is 0 Å². The van der Waals surface area contributed by atoms with Crippen molar-refractivity contribution in [3.63, 3.8) is 0 Å². The van der Waals surface area contributed by atoms with E-state index in [1.807, 2.05) is 18.2 Å². The number of benzene rings is 1. The van der Waals surface area contributed by atoms with Gasteiger partial charge in [0.05, 0.1) is 0 Å². The first-order valence-corrected chi connectivity index (χ1v) is 4.45. The molecule has 1 aromatic rings. The molecule has 0 saturated heterocycles. The molecule has 12 heavy (non-hydrogen) atoms. The van der Waals surface area contributed by atoms with Crippen LogP contribution in [-0.2, 0) is 6.42 Å². The summed E-state index contributed by atoms with van der Waals surface area (Å²) >= 11 is 0. The normalized spacial score (nSPS) is 22.8. The Kier molecular flexibility index (Phi) is 0.957. The molecular weight excluding hydrogens is 148 g/mol. The van der Waals surface area contributed by atoms with Crippen molar-refractivity contribution in [2.24, 2.45) is 5.41 Å². The Balaban J connectivity index is 2.19. The summed E-state index contributed by atoms with van der Waals surface area (Å²) in [5.74, 6) is 0.401. The lowest BCUT2D eigenvalue weighted by molar-refractivity contribution is 0.0919. The second-order valence-electron chi connectivity index (χ2n) is 3.94. The maximum Gasteiger partial charge on any atom is 0.169 e. The number of Topliss-reactive ketones (excluding diaryl/α,β-unsaturated/α-hetero) is 1. The number of ketones is 1. The maximum atomic E-state index is 11.8. The van der Waals surface area contributed by atoms with E-state index in [9.17, 15) is 4.79 Å². The summed E-state index contributed by atoms with van der Waals surface area (Å²) in [4.78, 5) is 11.8. The number of fused-ring (bicyclic) bond motifs is 1. The topological polar surface area (TPSA) is 17.1 Å². The Hall–Kier alpha value is -1.11. The van der Waals surface area contributed by atoms with E-state index in [0.717, 1.165) is 24.8 Å². The predicted molar refractivity (Wildman–Crippen MR) is 46.1 cm³/mol. The van der Waals surface area contributed by atoms with Gasteiger partial charge in [0.15, 0.2) is 5.78 Å². The minimum Gasteiger partial charge on any atom is -0.294 e. The second kappa shape index (κ2) is 1.79. The fourth-order valence-corrected chi connectivity index (χ4v) is 2.18. The molecule has 1 saturated carbocycles. The van der Waals surface area contributed by atoms with Gasteiger partial charge in [-0.05, 0) is 24.8 Å². The average Bonchev–Trinajstić information content (AvgIpc) is 2.79. The summed E-state index contributed by atoms with van der Waals surface area (Å²) in [7, 11) is 0. The summed E-state index contributed by atoms with van der Waals surface area (Å²) < 4.78 is 0. The Bertz CT molecular complexity index is 361. The van der Waals surface area contributed by atoms with E-state index < -0.39 is 0 Å². The van der Waals surface area contributed by atoms with Crippen molar-refractivity contribution in [2.45, 2.75) is 19.3 Å². The van der Waals surface area contributed by atoms with Gasteiger partial charge >= 0.3 is 0 Å². The average molecular weight is 158 g/mol. The fourth-order valence-electron chi connectivity index (χ4n) is 2.18. The Morgan fingerprint density at radius 1 is 1.17 bits per heavy atom.